The number of carbonyl (C=O) groups excluding carboxylic acids is 1. The van der Waals surface area contributed by atoms with Gasteiger partial charge in [-0.2, -0.15) is 0 Å². The second kappa shape index (κ2) is 4.38. The summed E-state index contributed by atoms with van der Waals surface area (Å²) in [4.78, 5) is 21.2. The van der Waals surface area contributed by atoms with Crippen molar-refractivity contribution < 1.29 is 14.8 Å². The fourth-order valence-electron chi connectivity index (χ4n) is 1.68. The van der Waals surface area contributed by atoms with Crippen molar-refractivity contribution in [1.82, 2.24) is 10.6 Å². The second-order valence-corrected chi connectivity index (χ2v) is 3.71. The third kappa shape index (κ3) is 2.34. The number of nitro benzene ring substituents is 1. The van der Waals surface area contributed by atoms with Gasteiger partial charge >= 0.3 is 5.69 Å². The molecule has 0 unspecified atom stereocenters. The van der Waals surface area contributed by atoms with Crippen molar-refractivity contribution in [3.05, 3.63) is 33.9 Å². The Morgan fingerprint density at radius 1 is 1.47 bits per heavy atom. The zero-order valence-corrected chi connectivity index (χ0v) is 8.84. The Labute approximate surface area is 96.6 Å². The van der Waals surface area contributed by atoms with Crippen LogP contribution in [-0.4, -0.2) is 22.5 Å². The van der Waals surface area contributed by atoms with E-state index in [0.717, 1.165) is 0 Å². The number of nitrogens with one attached hydrogen (secondary N) is 2. The predicted molar refractivity (Wildman–Crippen MR) is 58.3 cm³/mol. The van der Waals surface area contributed by atoms with Crippen LogP contribution in [0.5, 0.6) is 5.75 Å². The lowest BCUT2D eigenvalue weighted by molar-refractivity contribution is -0.385. The molecule has 1 aliphatic rings. The van der Waals surface area contributed by atoms with Crippen LogP contribution in [0, 0.1) is 10.1 Å². The number of benzene rings is 1. The molecule has 7 heteroatoms. The Morgan fingerprint density at radius 2 is 2.24 bits per heavy atom. The minimum absolute atomic E-state index is 0.107. The molecular weight excluding hydrogens is 226 g/mol. The smallest absolute Gasteiger partial charge is 0.311 e. The average Bonchev–Trinajstić information content (AvgIpc) is 2.29. The second-order valence-electron chi connectivity index (χ2n) is 3.71. The van der Waals surface area contributed by atoms with Gasteiger partial charge in [0, 0.05) is 19.0 Å². The highest BCUT2D eigenvalue weighted by Crippen LogP contribution is 2.28. The first-order valence-corrected chi connectivity index (χ1v) is 5.08. The van der Waals surface area contributed by atoms with E-state index in [4.69, 9.17) is 0 Å². The molecule has 3 N–H and O–H groups in total. The van der Waals surface area contributed by atoms with Crippen LogP contribution in [0.2, 0.25) is 0 Å². The lowest BCUT2D eigenvalue weighted by Gasteiger charge is -2.24. The van der Waals surface area contributed by atoms with Crippen molar-refractivity contribution in [2.45, 2.75) is 12.6 Å². The first kappa shape index (κ1) is 11.3. The molecule has 7 nitrogen and oxygen atoms in total. The summed E-state index contributed by atoms with van der Waals surface area (Å²) in [5.74, 6) is -0.495. The topological polar surface area (TPSA) is 104 Å². The third-order valence-electron chi connectivity index (χ3n) is 2.54. The van der Waals surface area contributed by atoms with Gasteiger partial charge < -0.3 is 10.4 Å². The van der Waals surface area contributed by atoms with E-state index in [9.17, 15) is 20.0 Å². The van der Waals surface area contributed by atoms with Crippen molar-refractivity contribution >= 4 is 11.6 Å². The number of rotatable bonds is 2. The van der Waals surface area contributed by atoms with Gasteiger partial charge in [-0.05, 0) is 11.6 Å². The predicted octanol–water partition coefficient (Wildman–Crippen LogP) is 0.408. The molecular formula is C10H11N3O4. The molecule has 17 heavy (non-hydrogen) atoms. The van der Waals surface area contributed by atoms with E-state index in [0.29, 0.717) is 18.5 Å². The highest BCUT2D eigenvalue weighted by Gasteiger charge is 2.22. The molecule has 0 bridgehead atoms. The molecule has 1 saturated heterocycles. The number of phenols is 1. The number of hydrogen-bond acceptors (Lipinski definition) is 5. The summed E-state index contributed by atoms with van der Waals surface area (Å²) >= 11 is 0. The van der Waals surface area contributed by atoms with Crippen molar-refractivity contribution in [3.8, 4) is 5.75 Å². The molecule has 1 amide bonds. The Morgan fingerprint density at radius 3 is 2.88 bits per heavy atom. The third-order valence-corrected chi connectivity index (χ3v) is 2.54. The van der Waals surface area contributed by atoms with E-state index in [1.807, 2.05) is 0 Å². The summed E-state index contributed by atoms with van der Waals surface area (Å²) < 4.78 is 0. The zero-order valence-electron chi connectivity index (χ0n) is 8.84. The quantitative estimate of drug-likeness (QED) is 0.510. The molecule has 1 aromatic rings. The van der Waals surface area contributed by atoms with Crippen LogP contribution >= 0.6 is 0 Å². The van der Waals surface area contributed by atoms with Gasteiger partial charge in [0.25, 0.3) is 0 Å². The van der Waals surface area contributed by atoms with Crippen LogP contribution in [0.15, 0.2) is 18.2 Å². The largest absolute Gasteiger partial charge is 0.502 e. The molecule has 1 fully saturated rings. The van der Waals surface area contributed by atoms with Gasteiger partial charge in [-0.1, -0.05) is 6.07 Å². The zero-order chi connectivity index (χ0) is 12.4. The maximum absolute atomic E-state index is 11.2. The number of nitrogens with zero attached hydrogens (tertiary/aromatic N) is 1. The van der Waals surface area contributed by atoms with Crippen molar-refractivity contribution in [2.24, 2.45) is 0 Å². The molecule has 0 aromatic heterocycles. The first-order chi connectivity index (χ1) is 8.08. The van der Waals surface area contributed by atoms with Crippen LogP contribution in [0.25, 0.3) is 0 Å². The lowest BCUT2D eigenvalue weighted by Crippen LogP contribution is -2.44. The van der Waals surface area contributed by atoms with Crippen molar-refractivity contribution in [1.29, 1.82) is 0 Å². The van der Waals surface area contributed by atoms with E-state index in [2.05, 4.69) is 10.6 Å². The van der Waals surface area contributed by atoms with E-state index in [1.165, 1.54) is 18.2 Å². The van der Waals surface area contributed by atoms with Gasteiger partial charge in [0.2, 0.25) is 5.91 Å². The maximum atomic E-state index is 11.2. The number of carbonyl (C=O) groups is 1. The molecule has 1 heterocycles. The molecule has 0 saturated carbocycles. The van der Waals surface area contributed by atoms with E-state index >= 15 is 0 Å². The number of hydrogen-bond donors (Lipinski definition) is 3. The van der Waals surface area contributed by atoms with Gasteiger partial charge in [-0.25, -0.2) is 0 Å². The van der Waals surface area contributed by atoms with Gasteiger partial charge in [0.1, 0.15) is 6.17 Å². The Bertz CT molecular complexity index is 475. The van der Waals surface area contributed by atoms with Gasteiger partial charge in [0.15, 0.2) is 5.75 Å². The standard InChI is InChI=1S/C10H11N3O4/c14-8-2-1-6(5-7(8)13(16)17)10-11-4-3-9(15)12-10/h1-2,5,10-11,14H,3-4H2,(H,12,15)/t10-/m0/s1. The van der Waals surface area contributed by atoms with Crippen LogP contribution in [-0.2, 0) is 4.79 Å². The highest BCUT2D eigenvalue weighted by atomic mass is 16.6. The van der Waals surface area contributed by atoms with E-state index in [-0.39, 0.29) is 17.3 Å². The molecule has 0 radical (unpaired) electrons. The Hall–Kier alpha value is -2.15. The SMILES string of the molecule is O=C1CCN[C@H](c2ccc(O)c([N+](=O)[O-])c2)N1. The number of amides is 1. The number of nitro groups is 1. The first-order valence-electron chi connectivity index (χ1n) is 5.08. The van der Waals surface area contributed by atoms with Crippen LogP contribution in [0.1, 0.15) is 18.2 Å². The number of aromatic hydroxyl groups is 1. The average molecular weight is 237 g/mol. The molecule has 1 atom stereocenters. The molecule has 0 spiro atoms. The molecule has 90 valence electrons. The molecule has 2 rings (SSSR count). The van der Waals surface area contributed by atoms with Gasteiger partial charge in [0.05, 0.1) is 4.92 Å². The fraction of sp³-hybridized carbons (Fsp3) is 0.300. The van der Waals surface area contributed by atoms with E-state index < -0.39 is 11.1 Å². The maximum Gasteiger partial charge on any atom is 0.311 e. The summed E-state index contributed by atoms with van der Waals surface area (Å²) in [5.41, 5.74) is 0.173. The lowest BCUT2D eigenvalue weighted by atomic mass is 10.1. The summed E-state index contributed by atoms with van der Waals surface area (Å²) in [6.07, 6.45) is -0.0630. The summed E-state index contributed by atoms with van der Waals surface area (Å²) in [5, 5.41) is 25.6. The molecule has 0 aliphatic carbocycles. The van der Waals surface area contributed by atoms with Crippen LogP contribution in [0.4, 0.5) is 5.69 Å². The normalized spacial score (nSPS) is 19.8. The monoisotopic (exact) mass is 237 g/mol. The highest BCUT2D eigenvalue weighted by molar-refractivity contribution is 5.77. The fourth-order valence-corrected chi connectivity index (χ4v) is 1.68. The Kier molecular flexibility index (Phi) is 2.92. The number of phenolic OH excluding ortho intramolecular Hbond substituents is 1. The Balaban J connectivity index is 2.29. The molecule has 1 aromatic carbocycles. The van der Waals surface area contributed by atoms with Gasteiger partial charge in [-0.15, -0.1) is 0 Å². The molecule has 1 aliphatic heterocycles. The van der Waals surface area contributed by atoms with Crippen molar-refractivity contribution in [2.75, 3.05) is 6.54 Å². The van der Waals surface area contributed by atoms with Crippen molar-refractivity contribution in [3.63, 3.8) is 0 Å². The summed E-state index contributed by atoms with van der Waals surface area (Å²) in [6.45, 7) is 0.519. The van der Waals surface area contributed by atoms with Gasteiger partial charge in [-0.3, -0.25) is 20.2 Å². The summed E-state index contributed by atoms with van der Waals surface area (Å²) in [7, 11) is 0. The van der Waals surface area contributed by atoms with Crippen LogP contribution in [0.3, 0.4) is 0 Å². The minimum atomic E-state index is -0.663. The van der Waals surface area contributed by atoms with Crippen LogP contribution < -0.4 is 10.6 Å². The van der Waals surface area contributed by atoms with E-state index in [1.54, 1.807) is 0 Å². The summed E-state index contributed by atoms with van der Waals surface area (Å²) in [6, 6.07) is 4.03. The minimum Gasteiger partial charge on any atom is -0.502 e.